The molecule has 0 spiro atoms. The minimum Gasteiger partial charge on any atom is -0.199 e. The molecule has 0 N–H and O–H groups in total. The van der Waals surface area contributed by atoms with Crippen molar-refractivity contribution in [2.24, 2.45) is 21.1 Å². The molecule has 21 heavy (non-hydrogen) atoms. The highest BCUT2D eigenvalue weighted by Gasteiger charge is 2.61. The fraction of sp³-hybridized carbons (Fsp3) is 0.471. The lowest BCUT2D eigenvalue weighted by Gasteiger charge is -2.38. The zero-order chi connectivity index (χ0) is 15.0. The lowest BCUT2D eigenvalue weighted by molar-refractivity contribution is 0.284. The summed E-state index contributed by atoms with van der Waals surface area (Å²) < 4.78 is 28.9. The number of allylic oxidation sites excluding steroid dienone is 1. The molecule has 2 aliphatic carbocycles. The first-order valence-corrected chi connectivity index (χ1v) is 8.88. The Labute approximate surface area is 125 Å². The summed E-state index contributed by atoms with van der Waals surface area (Å²) in [5.41, 5.74) is 2.53. The van der Waals surface area contributed by atoms with E-state index in [0.717, 1.165) is 36.1 Å². The summed E-state index contributed by atoms with van der Waals surface area (Å²) in [6, 6.07) is 7.20. The van der Waals surface area contributed by atoms with Crippen LogP contribution in [0.5, 0.6) is 0 Å². The molecule has 1 aliphatic heterocycles. The Morgan fingerprint density at radius 3 is 2.67 bits per heavy atom. The maximum atomic E-state index is 12.3. The van der Waals surface area contributed by atoms with Crippen molar-refractivity contribution >= 4 is 15.7 Å². The van der Waals surface area contributed by atoms with Gasteiger partial charge in [0.2, 0.25) is 0 Å². The van der Waals surface area contributed by atoms with E-state index in [9.17, 15) is 8.42 Å². The van der Waals surface area contributed by atoms with Crippen molar-refractivity contribution in [3.05, 3.63) is 42.0 Å². The highest BCUT2D eigenvalue weighted by Crippen LogP contribution is 2.67. The average Bonchev–Trinajstić information content (AvgIpc) is 3.04. The number of nitrogens with zero attached hydrogens (tertiary/aromatic N) is 1. The first-order chi connectivity index (χ1) is 9.79. The summed E-state index contributed by atoms with van der Waals surface area (Å²) in [4.78, 5) is 0.357. The predicted molar refractivity (Wildman–Crippen MR) is 82.9 cm³/mol. The number of fused-ring (bicyclic) bond motifs is 3. The average molecular weight is 301 g/mol. The molecule has 2 saturated carbocycles. The van der Waals surface area contributed by atoms with Crippen LogP contribution in [-0.2, 0) is 10.0 Å². The van der Waals surface area contributed by atoms with E-state index < -0.39 is 10.0 Å². The maximum Gasteiger partial charge on any atom is 0.283 e. The van der Waals surface area contributed by atoms with E-state index in [0.29, 0.717) is 10.8 Å². The molecule has 110 valence electrons. The normalized spacial score (nSPS) is 34.9. The second-order valence-electron chi connectivity index (χ2n) is 7.13. The summed E-state index contributed by atoms with van der Waals surface area (Å²) in [6.07, 6.45) is 3.09. The van der Waals surface area contributed by atoms with Gasteiger partial charge in [0, 0.05) is 11.0 Å². The Hall–Kier alpha value is -1.42. The highest BCUT2D eigenvalue weighted by molar-refractivity contribution is 7.90. The molecule has 1 aromatic rings. The lowest BCUT2D eigenvalue weighted by Crippen LogP contribution is -2.33. The van der Waals surface area contributed by atoms with E-state index in [-0.39, 0.29) is 10.8 Å². The number of hydrogen-bond acceptors (Lipinski definition) is 2. The zero-order valence-electron chi connectivity index (χ0n) is 12.4. The predicted octanol–water partition coefficient (Wildman–Crippen LogP) is 3.56. The van der Waals surface area contributed by atoms with Crippen LogP contribution in [0.4, 0.5) is 0 Å². The summed E-state index contributed by atoms with van der Waals surface area (Å²) in [5.74, 6) is 0.586. The largest absolute Gasteiger partial charge is 0.283 e. The van der Waals surface area contributed by atoms with Gasteiger partial charge in [-0.3, -0.25) is 0 Å². The van der Waals surface area contributed by atoms with Gasteiger partial charge >= 0.3 is 0 Å². The van der Waals surface area contributed by atoms with Crippen molar-refractivity contribution < 1.29 is 8.42 Å². The third kappa shape index (κ3) is 1.44. The quantitative estimate of drug-likeness (QED) is 0.745. The van der Waals surface area contributed by atoms with Gasteiger partial charge in [-0.2, -0.15) is 12.8 Å². The molecular weight excluding hydrogens is 282 g/mol. The minimum atomic E-state index is -3.54. The Bertz CT molecular complexity index is 804. The zero-order valence-corrected chi connectivity index (χ0v) is 13.2. The molecule has 4 heteroatoms. The molecular formula is C17H19NO2S. The molecule has 0 aromatic heterocycles. The van der Waals surface area contributed by atoms with Crippen molar-refractivity contribution in [1.82, 2.24) is 0 Å². The minimum absolute atomic E-state index is 0.0715. The second-order valence-corrected chi connectivity index (χ2v) is 8.71. The van der Waals surface area contributed by atoms with Crippen LogP contribution < -0.4 is 0 Å². The molecule has 1 aromatic carbocycles. The van der Waals surface area contributed by atoms with Gasteiger partial charge in [-0.15, -0.1) is 0 Å². The topological polar surface area (TPSA) is 46.5 Å². The fourth-order valence-corrected chi connectivity index (χ4v) is 5.91. The van der Waals surface area contributed by atoms with Crippen LogP contribution in [0.1, 0.15) is 38.7 Å². The van der Waals surface area contributed by atoms with E-state index >= 15 is 0 Å². The van der Waals surface area contributed by atoms with Crippen LogP contribution in [0.15, 0.2) is 45.7 Å². The van der Waals surface area contributed by atoms with Crippen molar-refractivity contribution in [1.29, 1.82) is 0 Å². The number of rotatable bonds is 1. The molecule has 2 atom stereocenters. The van der Waals surface area contributed by atoms with E-state index in [2.05, 4.69) is 24.8 Å². The number of sulfonamides is 1. The van der Waals surface area contributed by atoms with Crippen LogP contribution in [0.3, 0.4) is 0 Å². The molecule has 3 aliphatic rings. The standard InChI is InChI=1S/C17H19NO2S/c1-11-16(2,3)12-8-9-17(11,10-12)15-13-6-4-5-7-14(13)21(19,20)18-15/h4-7,12H,1,8-10H2,2-3H3/t12-,17-/m1/s1. The van der Waals surface area contributed by atoms with Gasteiger partial charge in [-0.05, 0) is 36.7 Å². The molecule has 1 heterocycles. The lowest BCUT2D eigenvalue weighted by atomic mass is 9.66. The first kappa shape index (κ1) is 13.3. The van der Waals surface area contributed by atoms with Gasteiger partial charge in [0.15, 0.2) is 0 Å². The van der Waals surface area contributed by atoms with Gasteiger partial charge < -0.3 is 0 Å². The molecule has 3 nitrogen and oxygen atoms in total. The Balaban J connectivity index is 1.96. The van der Waals surface area contributed by atoms with Crippen LogP contribution in [0, 0.1) is 16.7 Å². The van der Waals surface area contributed by atoms with Crippen LogP contribution in [0.2, 0.25) is 0 Å². The molecule has 4 rings (SSSR count). The monoisotopic (exact) mass is 301 g/mol. The molecule has 0 unspecified atom stereocenters. The third-order valence-electron chi connectivity index (χ3n) is 5.98. The van der Waals surface area contributed by atoms with Gasteiger partial charge in [0.05, 0.1) is 10.6 Å². The summed E-state index contributed by atoms with van der Waals surface area (Å²) >= 11 is 0. The molecule has 2 bridgehead atoms. The van der Waals surface area contributed by atoms with E-state index in [1.54, 1.807) is 12.1 Å². The third-order valence-corrected chi connectivity index (χ3v) is 7.31. The molecule has 2 fully saturated rings. The van der Waals surface area contributed by atoms with Gasteiger partial charge in [0.25, 0.3) is 10.0 Å². The Morgan fingerprint density at radius 1 is 1.29 bits per heavy atom. The van der Waals surface area contributed by atoms with Gasteiger partial charge in [-0.1, -0.05) is 44.2 Å². The summed E-state index contributed by atoms with van der Waals surface area (Å²) in [7, 11) is -3.54. The smallest absolute Gasteiger partial charge is 0.199 e. The van der Waals surface area contributed by atoms with Crippen molar-refractivity contribution in [2.45, 2.75) is 38.0 Å². The van der Waals surface area contributed by atoms with Crippen LogP contribution in [0.25, 0.3) is 0 Å². The van der Waals surface area contributed by atoms with Crippen LogP contribution in [-0.4, -0.2) is 14.1 Å². The maximum absolute atomic E-state index is 12.3. The van der Waals surface area contributed by atoms with E-state index in [1.165, 1.54) is 0 Å². The number of hydrogen-bond donors (Lipinski definition) is 0. The Kier molecular flexibility index (Phi) is 2.31. The molecule has 0 saturated heterocycles. The summed E-state index contributed by atoms with van der Waals surface area (Å²) in [6.45, 7) is 8.82. The fourth-order valence-electron chi connectivity index (χ4n) is 4.61. The Morgan fingerprint density at radius 2 is 2.00 bits per heavy atom. The SMILES string of the molecule is C=C1C(C)(C)[C@@H]2CC[C@@]1(C1=NS(=O)(=O)c3ccccc31)C2. The number of benzene rings is 1. The molecule has 0 amide bonds. The van der Waals surface area contributed by atoms with Gasteiger partial charge in [-0.25, -0.2) is 0 Å². The molecule has 0 radical (unpaired) electrons. The first-order valence-electron chi connectivity index (χ1n) is 7.44. The highest BCUT2D eigenvalue weighted by atomic mass is 32.2. The second kappa shape index (κ2) is 3.67. The van der Waals surface area contributed by atoms with Crippen molar-refractivity contribution in [3.8, 4) is 0 Å². The van der Waals surface area contributed by atoms with Crippen LogP contribution >= 0.6 is 0 Å². The van der Waals surface area contributed by atoms with Gasteiger partial charge in [0.1, 0.15) is 0 Å². The van der Waals surface area contributed by atoms with E-state index in [4.69, 9.17) is 0 Å². The van der Waals surface area contributed by atoms with Crippen molar-refractivity contribution in [3.63, 3.8) is 0 Å². The van der Waals surface area contributed by atoms with E-state index in [1.807, 2.05) is 12.1 Å². The summed E-state index contributed by atoms with van der Waals surface area (Å²) in [5, 5.41) is 0. The van der Waals surface area contributed by atoms with Crippen molar-refractivity contribution in [2.75, 3.05) is 0 Å².